The molecule has 3 aromatic rings. The molecule has 8 nitrogen and oxygen atoms in total. The molecule has 1 aliphatic rings. The number of methoxy groups -OCH3 is 1. The molecule has 2 amide bonds. The smallest absolute Gasteiger partial charge is 0.256 e. The van der Waals surface area contributed by atoms with E-state index in [2.05, 4.69) is 21.8 Å². The van der Waals surface area contributed by atoms with Crippen molar-refractivity contribution in [1.82, 2.24) is 19.4 Å². The van der Waals surface area contributed by atoms with Crippen LogP contribution in [0.3, 0.4) is 0 Å². The van der Waals surface area contributed by atoms with Crippen molar-refractivity contribution < 1.29 is 14.3 Å². The van der Waals surface area contributed by atoms with Gasteiger partial charge in [0.15, 0.2) is 0 Å². The molecule has 0 aliphatic carbocycles. The average molecular weight is 450 g/mol. The standard InChI is InChI=1S/C25H31N5O3/c1-4-23-28-22-12-20(27-17(2)31)11-21(24(22)30(23)15-18-7-5-9-26-13-18)25(32)29-10-6-8-19(14-29)16-33-3/h5,7,9,11-13,19H,4,6,8,10,14-16H2,1-3H3,(H,27,31)/t19-/m1/s1. The Morgan fingerprint density at radius 1 is 1.30 bits per heavy atom. The number of likely N-dealkylation sites (tertiary alicyclic amines) is 1. The van der Waals surface area contributed by atoms with Gasteiger partial charge in [-0.05, 0) is 42.5 Å². The number of aromatic nitrogens is 3. The van der Waals surface area contributed by atoms with Gasteiger partial charge in [-0.1, -0.05) is 13.0 Å². The maximum absolute atomic E-state index is 13.8. The second-order valence-electron chi connectivity index (χ2n) is 8.62. The highest BCUT2D eigenvalue weighted by Gasteiger charge is 2.28. The molecule has 2 aromatic heterocycles. The lowest BCUT2D eigenvalue weighted by Crippen LogP contribution is -2.41. The molecule has 1 atom stereocenters. The highest BCUT2D eigenvalue weighted by Crippen LogP contribution is 2.29. The minimum atomic E-state index is -0.184. The summed E-state index contributed by atoms with van der Waals surface area (Å²) in [4.78, 5) is 36.6. The van der Waals surface area contributed by atoms with Crippen molar-refractivity contribution in [3.8, 4) is 0 Å². The Kier molecular flexibility index (Phi) is 7.03. The zero-order valence-electron chi connectivity index (χ0n) is 19.5. The van der Waals surface area contributed by atoms with E-state index in [1.54, 1.807) is 19.4 Å². The van der Waals surface area contributed by atoms with Gasteiger partial charge in [0, 0.05) is 51.6 Å². The Balaban J connectivity index is 1.82. The third-order valence-electron chi connectivity index (χ3n) is 6.06. The number of hydrogen-bond acceptors (Lipinski definition) is 5. The Hall–Kier alpha value is -3.26. The molecule has 0 spiro atoms. The second-order valence-corrected chi connectivity index (χ2v) is 8.62. The molecule has 4 rings (SSSR count). The number of fused-ring (bicyclic) bond motifs is 1. The summed E-state index contributed by atoms with van der Waals surface area (Å²) in [6.45, 7) is 6.10. The topological polar surface area (TPSA) is 89.4 Å². The van der Waals surface area contributed by atoms with E-state index < -0.39 is 0 Å². The Bertz CT molecular complexity index is 1140. The van der Waals surface area contributed by atoms with E-state index in [1.807, 2.05) is 29.3 Å². The van der Waals surface area contributed by atoms with E-state index in [9.17, 15) is 9.59 Å². The summed E-state index contributed by atoms with van der Waals surface area (Å²) in [7, 11) is 1.70. The molecule has 1 saturated heterocycles. The molecule has 1 aromatic carbocycles. The van der Waals surface area contributed by atoms with Crippen LogP contribution in [0.25, 0.3) is 11.0 Å². The fourth-order valence-electron chi connectivity index (χ4n) is 4.66. The number of piperidine rings is 1. The van der Waals surface area contributed by atoms with Gasteiger partial charge in [-0.2, -0.15) is 0 Å². The maximum Gasteiger partial charge on any atom is 0.256 e. The second kappa shape index (κ2) is 10.1. The molecular formula is C25H31N5O3. The van der Waals surface area contributed by atoms with Crippen LogP contribution in [0.2, 0.25) is 0 Å². The quantitative estimate of drug-likeness (QED) is 0.596. The number of carbonyl (C=O) groups excluding carboxylic acids is 2. The largest absolute Gasteiger partial charge is 0.384 e. The summed E-state index contributed by atoms with van der Waals surface area (Å²) in [5.74, 6) is 0.992. The number of nitrogens with zero attached hydrogens (tertiary/aromatic N) is 4. The van der Waals surface area contributed by atoms with Gasteiger partial charge in [-0.3, -0.25) is 14.6 Å². The van der Waals surface area contributed by atoms with Crippen LogP contribution >= 0.6 is 0 Å². The van der Waals surface area contributed by atoms with Crippen LogP contribution < -0.4 is 5.32 Å². The van der Waals surface area contributed by atoms with Gasteiger partial charge in [0.05, 0.1) is 29.7 Å². The number of rotatable bonds is 7. The van der Waals surface area contributed by atoms with E-state index in [-0.39, 0.29) is 11.8 Å². The minimum Gasteiger partial charge on any atom is -0.384 e. The molecule has 1 aliphatic heterocycles. The average Bonchev–Trinajstić information content (AvgIpc) is 3.16. The summed E-state index contributed by atoms with van der Waals surface area (Å²) in [5.41, 5.74) is 3.68. The summed E-state index contributed by atoms with van der Waals surface area (Å²) < 4.78 is 7.45. The van der Waals surface area contributed by atoms with Crippen molar-refractivity contribution in [1.29, 1.82) is 0 Å². The van der Waals surface area contributed by atoms with Crippen LogP contribution in [0.4, 0.5) is 5.69 Å². The normalized spacial score (nSPS) is 16.2. The van der Waals surface area contributed by atoms with Crippen molar-refractivity contribution in [2.45, 2.75) is 39.7 Å². The number of carbonyl (C=O) groups is 2. The number of benzene rings is 1. The zero-order chi connectivity index (χ0) is 23.4. The van der Waals surface area contributed by atoms with E-state index in [1.165, 1.54) is 6.92 Å². The lowest BCUT2D eigenvalue weighted by Gasteiger charge is -2.32. The van der Waals surface area contributed by atoms with Crippen molar-refractivity contribution in [3.63, 3.8) is 0 Å². The van der Waals surface area contributed by atoms with Crippen LogP contribution in [0.5, 0.6) is 0 Å². The van der Waals surface area contributed by atoms with Gasteiger partial charge in [0.25, 0.3) is 5.91 Å². The van der Waals surface area contributed by atoms with Crippen molar-refractivity contribution in [2.75, 3.05) is 32.1 Å². The van der Waals surface area contributed by atoms with Crippen LogP contribution in [0, 0.1) is 5.92 Å². The van der Waals surface area contributed by atoms with Crippen LogP contribution in [-0.2, 0) is 22.5 Å². The number of nitrogens with one attached hydrogen (secondary N) is 1. The van der Waals surface area contributed by atoms with Gasteiger partial charge < -0.3 is 19.5 Å². The third-order valence-corrected chi connectivity index (χ3v) is 6.06. The first-order valence-electron chi connectivity index (χ1n) is 11.5. The van der Waals surface area contributed by atoms with Crippen LogP contribution in [0.1, 0.15) is 48.4 Å². The van der Waals surface area contributed by atoms with Gasteiger partial charge in [0.1, 0.15) is 5.82 Å². The van der Waals surface area contributed by atoms with Crippen LogP contribution in [0.15, 0.2) is 36.7 Å². The molecule has 174 valence electrons. The molecule has 0 unspecified atom stereocenters. The summed E-state index contributed by atoms with van der Waals surface area (Å²) in [5, 5.41) is 2.83. The van der Waals surface area contributed by atoms with Crippen molar-refractivity contribution >= 4 is 28.5 Å². The summed E-state index contributed by atoms with van der Waals surface area (Å²) in [6, 6.07) is 7.55. The minimum absolute atomic E-state index is 0.0389. The first kappa shape index (κ1) is 22.9. The number of hydrogen-bond donors (Lipinski definition) is 1. The highest BCUT2D eigenvalue weighted by atomic mass is 16.5. The molecular weight excluding hydrogens is 418 g/mol. The molecule has 3 heterocycles. The van der Waals surface area contributed by atoms with Gasteiger partial charge in [0.2, 0.25) is 5.91 Å². The molecule has 8 heteroatoms. The fraction of sp³-hybridized carbons (Fsp3) is 0.440. The lowest BCUT2D eigenvalue weighted by atomic mass is 9.98. The van der Waals surface area contributed by atoms with Gasteiger partial charge in [-0.25, -0.2) is 4.98 Å². The number of ether oxygens (including phenoxy) is 1. The number of anilines is 1. The van der Waals surface area contributed by atoms with Crippen LogP contribution in [-0.4, -0.2) is 58.1 Å². The molecule has 0 bridgehead atoms. The number of pyridine rings is 1. The SMILES string of the molecule is CCc1nc2cc(NC(C)=O)cc(C(=O)N3CCC[C@@H](COC)C3)c2n1Cc1cccnc1. The zero-order valence-corrected chi connectivity index (χ0v) is 19.5. The molecule has 0 radical (unpaired) electrons. The summed E-state index contributed by atoms with van der Waals surface area (Å²) in [6.07, 6.45) is 6.30. The molecule has 1 N–H and O–H groups in total. The maximum atomic E-state index is 13.8. The predicted octanol–water partition coefficient (Wildman–Crippen LogP) is 3.50. The Labute approximate surface area is 194 Å². The number of imidazole rings is 1. The third kappa shape index (κ3) is 5.06. The molecule has 0 saturated carbocycles. The molecule has 33 heavy (non-hydrogen) atoms. The Morgan fingerprint density at radius 3 is 2.85 bits per heavy atom. The van der Waals surface area contributed by atoms with E-state index in [4.69, 9.17) is 9.72 Å². The monoisotopic (exact) mass is 449 g/mol. The first-order valence-corrected chi connectivity index (χ1v) is 11.5. The van der Waals surface area contributed by atoms with Gasteiger partial charge in [-0.15, -0.1) is 0 Å². The van der Waals surface area contributed by atoms with E-state index in [0.717, 1.165) is 36.2 Å². The van der Waals surface area contributed by atoms with E-state index in [0.29, 0.717) is 48.9 Å². The lowest BCUT2D eigenvalue weighted by molar-refractivity contribution is -0.114. The number of aryl methyl sites for hydroxylation is 1. The highest BCUT2D eigenvalue weighted by molar-refractivity contribution is 6.07. The van der Waals surface area contributed by atoms with Crippen molar-refractivity contribution in [2.24, 2.45) is 5.92 Å². The van der Waals surface area contributed by atoms with E-state index >= 15 is 0 Å². The predicted molar refractivity (Wildman–Crippen MR) is 127 cm³/mol. The van der Waals surface area contributed by atoms with Gasteiger partial charge >= 0.3 is 0 Å². The molecule has 1 fully saturated rings. The Morgan fingerprint density at radius 2 is 2.15 bits per heavy atom. The fourth-order valence-corrected chi connectivity index (χ4v) is 4.66. The first-order chi connectivity index (χ1) is 16.0. The van der Waals surface area contributed by atoms with Crippen molar-refractivity contribution in [3.05, 3.63) is 53.6 Å². The number of amides is 2. The summed E-state index contributed by atoms with van der Waals surface area (Å²) >= 11 is 0.